The summed E-state index contributed by atoms with van der Waals surface area (Å²) in [5, 5.41) is 6.27. The lowest BCUT2D eigenvalue weighted by atomic mass is 10.1. The maximum Gasteiger partial charge on any atom is 0.293 e. The number of anilines is 2. The quantitative estimate of drug-likeness (QED) is 0.435. The van der Waals surface area contributed by atoms with Gasteiger partial charge in [-0.25, -0.2) is 0 Å². The molecule has 162 valence electrons. The van der Waals surface area contributed by atoms with Gasteiger partial charge in [-0.15, -0.1) is 0 Å². The van der Waals surface area contributed by atoms with Gasteiger partial charge in [0, 0.05) is 17.0 Å². The molecule has 1 heterocycles. The lowest BCUT2D eigenvalue weighted by Crippen LogP contribution is -2.18. The van der Waals surface area contributed by atoms with E-state index in [1.807, 2.05) is 25.1 Å². The Bertz CT molecular complexity index is 1310. The van der Waals surface area contributed by atoms with E-state index in [-0.39, 0.29) is 11.7 Å². The molecule has 7 heteroatoms. The number of furan rings is 1. The molecule has 7 nitrogen and oxygen atoms in total. The molecule has 3 aromatic carbocycles. The molecule has 2 N–H and O–H groups in total. The van der Waals surface area contributed by atoms with Gasteiger partial charge in [-0.3, -0.25) is 9.59 Å². The molecule has 0 saturated heterocycles. The molecular formula is C25H22N2O5. The molecule has 0 saturated carbocycles. The zero-order chi connectivity index (χ0) is 22.7. The number of fused-ring (bicyclic) bond motifs is 1. The van der Waals surface area contributed by atoms with Crippen molar-refractivity contribution in [3.63, 3.8) is 0 Å². The molecule has 0 unspecified atom stereocenters. The predicted molar refractivity (Wildman–Crippen MR) is 123 cm³/mol. The first kappa shape index (κ1) is 21.0. The van der Waals surface area contributed by atoms with Crippen LogP contribution in [0.1, 0.15) is 26.5 Å². The minimum absolute atomic E-state index is 0.0157. The summed E-state index contributed by atoms with van der Waals surface area (Å²) in [5.74, 6) is 0.132. The van der Waals surface area contributed by atoms with E-state index in [2.05, 4.69) is 10.6 Å². The molecule has 0 bridgehead atoms. The van der Waals surface area contributed by atoms with Crippen LogP contribution in [-0.4, -0.2) is 26.0 Å². The van der Waals surface area contributed by atoms with E-state index in [0.717, 1.165) is 5.56 Å². The Morgan fingerprint density at radius 1 is 0.844 bits per heavy atom. The fourth-order valence-electron chi connectivity index (χ4n) is 3.43. The minimum atomic E-state index is -0.534. The number of carbonyl (C=O) groups excluding carboxylic acids is 2. The molecular weight excluding hydrogens is 408 g/mol. The highest BCUT2D eigenvalue weighted by Crippen LogP contribution is 2.34. The van der Waals surface area contributed by atoms with E-state index in [9.17, 15) is 9.59 Å². The van der Waals surface area contributed by atoms with Crippen LogP contribution in [0.4, 0.5) is 11.4 Å². The van der Waals surface area contributed by atoms with Gasteiger partial charge in [-0.05, 0) is 42.8 Å². The smallest absolute Gasteiger partial charge is 0.293 e. The van der Waals surface area contributed by atoms with Crippen molar-refractivity contribution in [3.05, 3.63) is 83.6 Å². The first-order chi connectivity index (χ1) is 15.5. The lowest BCUT2D eigenvalue weighted by Gasteiger charge is -2.12. The number of para-hydroxylation sites is 1. The number of carbonyl (C=O) groups is 2. The number of benzene rings is 3. The molecule has 0 fully saturated rings. The van der Waals surface area contributed by atoms with Gasteiger partial charge < -0.3 is 24.5 Å². The van der Waals surface area contributed by atoms with Crippen LogP contribution < -0.4 is 20.1 Å². The van der Waals surface area contributed by atoms with Crippen LogP contribution in [0.3, 0.4) is 0 Å². The maximum atomic E-state index is 13.2. The van der Waals surface area contributed by atoms with Gasteiger partial charge in [-0.2, -0.15) is 0 Å². The molecule has 0 atom stereocenters. The first-order valence-corrected chi connectivity index (χ1v) is 9.93. The SMILES string of the molecule is COc1ccc(OC)c(NC(=O)c2oc3ccccc3c2NC(=O)c2ccccc2C)c1. The third-order valence-corrected chi connectivity index (χ3v) is 5.08. The second-order valence-electron chi connectivity index (χ2n) is 7.09. The van der Waals surface area contributed by atoms with Crippen molar-refractivity contribution in [3.8, 4) is 11.5 Å². The second kappa shape index (κ2) is 8.85. The van der Waals surface area contributed by atoms with Crippen LogP contribution in [0.5, 0.6) is 11.5 Å². The number of nitrogens with one attached hydrogen (secondary N) is 2. The largest absolute Gasteiger partial charge is 0.497 e. The van der Waals surface area contributed by atoms with E-state index < -0.39 is 5.91 Å². The Morgan fingerprint density at radius 2 is 1.59 bits per heavy atom. The molecule has 0 radical (unpaired) electrons. The van der Waals surface area contributed by atoms with E-state index in [1.165, 1.54) is 14.2 Å². The number of ether oxygens (including phenoxy) is 2. The van der Waals surface area contributed by atoms with Crippen LogP contribution in [0.2, 0.25) is 0 Å². The Hall–Kier alpha value is -4.26. The molecule has 4 rings (SSSR count). The van der Waals surface area contributed by atoms with Crippen molar-refractivity contribution in [2.45, 2.75) is 6.92 Å². The molecule has 1 aromatic heterocycles. The number of rotatable bonds is 6. The van der Waals surface area contributed by atoms with Gasteiger partial charge in [0.15, 0.2) is 0 Å². The summed E-state index contributed by atoms with van der Waals surface area (Å²) < 4.78 is 16.4. The van der Waals surface area contributed by atoms with Crippen molar-refractivity contribution < 1.29 is 23.5 Å². The van der Waals surface area contributed by atoms with Gasteiger partial charge in [-0.1, -0.05) is 30.3 Å². The van der Waals surface area contributed by atoms with Crippen molar-refractivity contribution in [1.29, 1.82) is 0 Å². The van der Waals surface area contributed by atoms with Crippen molar-refractivity contribution >= 4 is 34.2 Å². The third kappa shape index (κ3) is 4.00. The van der Waals surface area contributed by atoms with Gasteiger partial charge in [0.1, 0.15) is 22.8 Å². The van der Waals surface area contributed by atoms with Crippen molar-refractivity contribution in [1.82, 2.24) is 0 Å². The predicted octanol–water partition coefficient (Wildman–Crippen LogP) is 5.26. The Balaban J connectivity index is 1.73. The zero-order valence-corrected chi connectivity index (χ0v) is 17.9. The summed E-state index contributed by atoms with van der Waals surface area (Å²) in [4.78, 5) is 26.2. The summed E-state index contributed by atoms with van der Waals surface area (Å²) in [6, 6.07) is 19.4. The number of hydrogen-bond acceptors (Lipinski definition) is 5. The molecule has 0 spiro atoms. The fraction of sp³-hybridized carbons (Fsp3) is 0.120. The summed E-state index contributed by atoms with van der Waals surface area (Å²) in [7, 11) is 3.04. The lowest BCUT2D eigenvalue weighted by molar-refractivity contribution is 0.0999. The minimum Gasteiger partial charge on any atom is -0.497 e. The van der Waals surface area contributed by atoms with Crippen molar-refractivity contribution in [2.24, 2.45) is 0 Å². The summed E-state index contributed by atoms with van der Waals surface area (Å²) in [5.41, 5.74) is 2.53. The number of amides is 2. The molecule has 0 aliphatic carbocycles. The standard InChI is InChI=1S/C25H22N2O5/c1-15-8-4-5-9-17(15)24(28)27-22-18-10-6-7-11-20(18)32-23(22)25(29)26-19-14-16(30-2)12-13-21(19)31-3/h4-14H,1-3H3,(H,26,29)(H,27,28). The van der Waals surface area contributed by atoms with Gasteiger partial charge in [0.2, 0.25) is 5.76 Å². The Morgan fingerprint density at radius 3 is 2.34 bits per heavy atom. The second-order valence-corrected chi connectivity index (χ2v) is 7.09. The molecule has 32 heavy (non-hydrogen) atoms. The first-order valence-electron chi connectivity index (χ1n) is 9.93. The summed E-state index contributed by atoms with van der Waals surface area (Å²) in [6.45, 7) is 1.85. The normalized spacial score (nSPS) is 10.6. The molecule has 0 aliphatic rings. The summed E-state index contributed by atoms with van der Waals surface area (Å²) >= 11 is 0. The third-order valence-electron chi connectivity index (χ3n) is 5.08. The molecule has 4 aromatic rings. The highest BCUT2D eigenvalue weighted by Gasteiger charge is 2.24. The highest BCUT2D eigenvalue weighted by atomic mass is 16.5. The highest BCUT2D eigenvalue weighted by molar-refractivity contribution is 6.17. The molecule has 0 aliphatic heterocycles. The van der Waals surface area contributed by atoms with Crippen molar-refractivity contribution in [2.75, 3.05) is 24.9 Å². The maximum absolute atomic E-state index is 13.2. The van der Waals surface area contributed by atoms with Crippen LogP contribution in [0.25, 0.3) is 11.0 Å². The van der Waals surface area contributed by atoms with E-state index in [4.69, 9.17) is 13.9 Å². The van der Waals surface area contributed by atoms with E-state index in [0.29, 0.717) is 39.4 Å². The van der Waals surface area contributed by atoms with Crippen LogP contribution in [0, 0.1) is 6.92 Å². The monoisotopic (exact) mass is 430 g/mol. The number of aryl methyl sites for hydroxylation is 1. The van der Waals surface area contributed by atoms with E-state index in [1.54, 1.807) is 48.5 Å². The average Bonchev–Trinajstić information content (AvgIpc) is 3.17. The van der Waals surface area contributed by atoms with Gasteiger partial charge in [0.25, 0.3) is 11.8 Å². The number of methoxy groups -OCH3 is 2. The fourth-order valence-corrected chi connectivity index (χ4v) is 3.43. The Kier molecular flexibility index (Phi) is 5.81. The average molecular weight is 430 g/mol. The zero-order valence-electron chi connectivity index (χ0n) is 17.9. The van der Waals surface area contributed by atoms with Gasteiger partial charge >= 0.3 is 0 Å². The number of hydrogen-bond donors (Lipinski definition) is 2. The van der Waals surface area contributed by atoms with Crippen LogP contribution in [0.15, 0.2) is 71.1 Å². The van der Waals surface area contributed by atoms with Crippen LogP contribution >= 0.6 is 0 Å². The summed E-state index contributed by atoms with van der Waals surface area (Å²) in [6.07, 6.45) is 0. The Labute approximate surface area is 184 Å². The van der Waals surface area contributed by atoms with E-state index >= 15 is 0 Å². The molecule has 2 amide bonds. The topological polar surface area (TPSA) is 89.8 Å². The van der Waals surface area contributed by atoms with Crippen LogP contribution in [-0.2, 0) is 0 Å². The van der Waals surface area contributed by atoms with Gasteiger partial charge in [0.05, 0.1) is 19.9 Å².